The SMILES string of the molecule is Brc1cccc2cocc12. The maximum absolute atomic E-state index is 5.02. The molecule has 0 saturated carbocycles. The molecule has 0 fully saturated rings. The summed E-state index contributed by atoms with van der Waals surface area (Å²) in [7, 11) is 0. The van der Waals surface area contributed by atoms with Crippen LogP contribution in [0.1, 0.15) is 0 Å². The molecule has 2 rings (SSSR count). The van der Waals surface area contributed by atoms with Crippen LogP contribution in [0.4, 0.5) is 0 Å². The minimum atomic E-state index is 1.08. The molecule has 0 N–H and O–H groups in total. The molecule has 0 atom stereocenters. The van der Waals surface area contributed by atoms with E-state index in [0.717, 1.165) is 15.2 Å². The largest absolute Gasteiger partial charge is 0.471 e. The number of halogens is 1. The summed E-state index contributed by atoms with van der Waals surface area (Å²) in [6, 6.07) is 6.00. The fourth-order valence-corrected chi connectivity index (χ4v) is 1.43. The Hall–Kier alpha value is -0.760. The van der Waals surface area contributed by atoms with Gasteiger partial charge in [0.2, 0.25) is 0 Å². The van der Waals surface area contributed by atoms with E-state index in [1.54, 1.807) is 12.5 Å². The van der Waals surface area contributed by atoms with Crippen molar-refractivity contribution < 1.29 is 4.42 Å². The maximum atomic E-state index is 5.02. The maximum Gasteiger partial charge on any atom is 0.0992 e. The Balaban J connectivity index is 2.95. The van der Waals surface area contributed by atoms with Gasteiger partial charge in [0.05, 0.1) is 12.5 Å². The molecule has 0 spiro atoms. The topological polar surface area (TPSA) is 13.1 Å². The van der Waals surface area contributed by atoms with E-state index in [1.807, 2.05) is 18.2 Å². The van der Waals surface area contributed by atoms with E-state index in [-0.39, 0.29) is 0 Å². The summed E-state index contributed by atoms with van der Waals surface area (Å²) in [5.74, 6) is 0. The zero-order valence-corrected chi connectivity index (χ0v) is 6.76. The zero-order valence-electron chi connectivity index (χ0n) is 5.17. The summed E-state index contributed by atoms with van der Waals surface area (Å²) in [4.78, 5) is 0. The predicted octanol–water partition coefficient (Wildman–Crippen LogP) is 3.20. The van der Waals surface area contributed by atoms with Crippen LogP contribution in [0.15, 0.2) is 39.6 Å². The van der Waals surface area contributed by atoms with Crippen LogP contribution in [0.5, 0.6) is 0 Å². The molecule has 2 aromatic rings. The summed E-state index contributed by atoms with van der Waals surface area (Å²) in [6.07, 6.45) is 3.47. The van der Waals surface area contributed by atoms with Crippen LogP contribution in [0.3, 0.4) is 0 Å². The summed E-state index contributed by atoms with van der Waals surface area (Å²) >= 11 is 3.42. The fraction of sp³-hybridized carbons (Fsp3) is 0. The highest BCUT2D eigenvalue weighted by Gasteiger charge is 1.97. The van der Waals surface area contributed by atoms with Gasteiger partial charge in [0, 0.05) is 15.2 Å². The van der Waals surface area contributed by atoms with E-state index >= 15 is 0 Å². The summed E-state index contributed by atoms with van der Waals surface area (Å²) in [5.41, 5.74) is 0. The summed E-state index contributed by atoms with van der Waals surface area (Å²) < 4.78 is 6.10. The summed E-state index contributed by atoms with van der Waals surface area (Å²) in [5, 5.41) is 2.26. The van der Waals surface area contributed by atoms with E-state index in [2.05, 4.69) is 15.9 Å². The lowest BCUT2D eigenvalue weighted by Crippen LogP contribution is -1.63. The third-order valence-electron chi connectivity index (χ3n) is 1.47. The normalized spacial score (nSPS) is 10.5. The Labute approximate surface area is 66.8 Å². The second-order valence-corrected chi connectivity index (χ2v) is 2.97. The highest BCUT2D eigenvalue weighted by Crippen LogP contribution is 2.23. The Morgan fingerprint density at radius 3 is 2.90 bits per heavy atom. The van der Waals surface area contributed by atoms with E-state index in [0.29, 0.717) is 0 Å². The number of fused-ring (bicyclic) bond motifs is 1. The van der Waals surface area contributed by atoms with Gasteiger partial charge in [-0.2, -0.15) is 0 Å². The van der Waals surface area contributed by atoms with Gasteiger partial charge in [-0.25, -0.2) is 0 Å². The van der Waals surface area contributed by atoms with E-state index < -0.39 is 0 Å². The zero-order chi connectivity index (χ0) is 6.97. The highest BCUT2D eigenvalue weighted by molar-refractivity contribution is 9.10. The third-order valence-corrected chi connectivity index (χ3v) is 2.16. The molecule has 10 heavy (non-hydrogen) atoms. The molecular formula is C8H5BrO. The number of rotatable bonds is 0. The van der Waals surface area contributed by atoms with E-state index in [9.17, 15) is 0 Å². The standard InChI is InChI=1S/C8H5BrO/c9-8-3-1-2-6-4-10-5-7(6)8/h1-5H. The Kier molecular flexibility index (Phi) is 1.27. The number of hydrogen-bond donors (Lipinski definition) is 0. The minimum absolute atomic E-state index is 1.08. The molecule has 50 valence electrons. The first-order valence-electron chi connectivity index (χ1n) is 2.98. The third kappa shape index (κ3) is 0.762. The van der Waals surface area contributed by atoms with E-state index in [1.165, 1.54) is 0 Å². The Morgan fingerprint density at radius 1 is 1.20 bits per heavy atom. The van der Waals surface area contributed by atoms with Gasteiger partial charge in [0.15, 0.2) is 0 Å². The molecule has 0 aliphatic heterocycles. The molecule has 1 nitrogen and oxygen atoms in total. The van der Waals surface area contributed by atoms with Gasteiger partial charge in [0.1, 0.15) is 0 Å². The molecule has 0 aliphatic carbocycles. The van der Waals surface area contributed by atoms with Gasteiger partial charge in [0.25, 0.3) is 0 Å². The second-order valence-electron chi connectivity index (χ2n) is 2.11. The predicted molar refractivity (Wildman–Crippen MR) is 43.9 cm³/mol. The van der Waals surface area contributed by atoms with Crippen LogP contribution in [0.2, 0.25) is 0 Å². The van der Waals surface area contributed by atoms with Gasteiger partial charge in [-0.1, -0.05) is 28.1 Å². The Morgan fingerprint density at radius 2 is 2.10 bits per heavy atom. The second kappa shape index (κ2) is 2.13. The molecule has 0 radical (unpaired) electrons. The number of benzene rings is 1. The first-order chi connectivity index (χ1) is 4.88. The van der Waals surface area contributed by atoms with Crippen molar-refractivity contribution in [3.8, 4) is 0 Å². The molecule has 1 aromatic heterocycles. The van der Waals surface area contributed by atoms with Gasteiger partial charge in [-0.15, -0.1) is 0 Å². The summed E-state index contributed by atoms with van der Waals surface area (Å²) in [6.45, 7) is 0. The van der Waals surface area contributed by atoms with Crippen LogP contribution in [0, 0.1) is 0 Å². The number of hydrogen-bond acceptors (Lipinski definition) is 1. The molecule has 2 heteroatoms. The van der Waals surface area contributed by atoms with Crippen LogP contribution < -0.4 is 0 Å². The van der Waals surface area contributed by atoms with Crippen molar-refractivity contribution in [1.82, 2.24) is 0 Å². The average Bonchev–Trinajstić information content (AvgIpc) is 2.36. The highest BCUT2D eigenvalue weighted by atomic mass is 79.9. The molecule has 0 aliphatic rings. The van der Waals surface area contributed by atoms with Crippen LogP contribution in [-0.4, -0.2) is 0 Å². The molecule has 0 saturated heterocycles. The molecule has 0 bridgehead atoms. The molecular weight excluding hydrogens is 192 g/mol. The van der Waals surface area contributed by atoms with Crippen molar-refractivity contribution in [3.05, 3.63) is 35.2 Å². The van der Waals surface area contributed by atoms with E-state index in [4.69, 9.17) is 4.42 Å². The quantitative estimate of drug-likeness (QED) is 0.631. The Bertz CT molecular complexity index is 351. The number of furan rings is 1. The van der Waals surface area contributed by atoms with Crippen molar-refractivity contribution >= 4 is 26.7 Å². The lowest BCUT2D eigenvalue weighted by atomic mass is 10.2. The molecule has 1 aromatic carbocycles. The molecule has 0 unspecified atom stereocenters. The average molecular weight is 197 g/mol. The minimum Gasteiger partial charge on any atom is -0.471 e. The first-order valence-corrected chi connectivity index (χ1v) is 3.77. The molecule has 0 amide bonds. The van der Waals surface area contributed by atoms with Crippen molar-refractivity contribution in [2.75, 3.05) is 0 Å². The van der Waals surface area contributed by atoms with Crippen molar-refractivity contribution in [2.24, 2.45) is 0 Å². The lowest BCUT2D eigenvalue weighted by molar-refractivity contribution is 0.572. The molecule has 1 heterocycles. The van der Waals surface area contributed by atoms with Crippen LogP contribution in [-0.2, 0) is 0 Å². The van der Waals surface area contributed by atoms with Crippen LogP contribution >= 0.6 is 15.9 Å². The van der Waals surface area contributed by atoms with Crippen molar-refractivity contribution in [1.29, 1.82) is 0 Å². The van der Waals surface area contributed by atoms with Gasteiger partial charge in [-0.3, -0.25) is 0 Å². The van der Waals surface area contributed by atoms with Crippen molar-refractivity contribution in [3.63, 3.8) is 0 Å². The lowest BCUT2D eigenvalue weighted by Gasteiger charge is -1.88. The monoisotopic (exact) mass is 196 g/mol. The van der Waals surface area contributed by atoms with Crippen molar-refractivity contribution in [2.45, 2.75) is 0 Å². The first kappa shape index (κ1) is 5.98. The van der Waals surface area contributed by atoms with Gasteiger partial charge in [-0.05, 0) is 6.07 Å². The smallest absolute Gasteiger partial charge is 0.0992 e. The van der Waals surface area contributed by atoms with Gasteiger partial charge < -0.3 is 4.42 Å². The van der Waals surface area contributed by atoms with Gasteiger partial charge >= 0.3 is 0 Å². The van der Waals surface area contributed by atoms with Crippen LogP contribution in [0.25, 0.3) is 10.8 Å². The fourth-order valence-electron chi connectivity index (χ4n) is 0.956.